The van der Waals surface area contributed by atoms with Crippen LogP contribution in [0.2, 0.25) is 5.02 Å². The van der Waals surface area contributed by atoms with Gasteiger partial charge in [0.05, 0.1) is 53.9 Å². The monoisotopic (exact) mass is 771 g/mol. The average molecular weight is 773 g/mol. The number of carbonyl (C=O) groups is 4. The molecule has 3 amide bonds. The number of esters is 1. The second-order valence-electron chi connectivity index (χ2n) is 12.9. The number of allylic oxidation sites excluding steroid dienone is 1. The molecule has 3 heterocycles. The number of fused-ring (bicyclic) bond motifs is 1. The van der Waals surface area contributed by atoms with Crippen LogP contribution in [0.1, 0.15) is 37.9 Å². The maximum Gasteiger partial charge on any atom is 0.313 e. The number of amides is 3. The van der Waals surface area contributed by atoms with E-state index in [-0.39, 0.29) is 31.9 Å². The molecule has 3 saturated heterocycles. The predicted octanol–water partition coefficient (Wildman–Crippen LogP) is 4.37. The average Bonchev–Trinajstić information content (AvgIpc) is 3.71. The van der Waals surface area contributed by atoms with E-state index in [2.05, 4.69) is 34.4 Å². The molecule has 11 nitrogen and oxygen atoms in total. The van der Waals surface area contributed by atoms with Gasteiger partial charge in [0.1, 0.15) is 17.7 Å². The number of carbonyl (C=O) groups excluding carboxylic acids is 4. The number of nitrogens with zero attached hydrogens (tertiary/aromatic N) is 2. The Balaban J connectivity index is 1.53. The van der Waals surface area contributed by atoms with Crippen LogP contribution in [0.25, 0.3) is 0 Å². The van der Waals surface area contributed by atoms with E-state index in [1.807, 2.05) is 6.07 Å². The van der Waals surface area contributed by atoms with Crippen LogP contribution >= 0.6 is 27.5 Å². The molecule has 13 heteroatoms. The summed E-state index contributed by atoms with van der Waals surface area (Å²) in [7, 11) is 1.49. The largest absolute Gasteiger partial charge is 0.455 e. The van der Waals surface area contributed by atoms with Crippen molar-refractivity contribution < 1.29 is 38.5 Å². The fourth-order valence-corrected chi connectivity index (χ4v) is 8.74. The molecule has 9 atom stereocenters. The van der Waals surface area contributed by atoms with Crippen molar-refractivity contribution in [2.24, 2.45) is 11.8 Å². The molecule has 0 aromatic heterocycles. The molecule has 2 bridgehead atoms. The zero-order chi connectivity index (χ0) is 36.2. The number of anilines is 1. The topological polar surface area (TPSA) is 135 Å². The third kappa shape index (κ3) is 7.01. The van der Waals surface area contributed by atoms with E-state index in [4.69, 9.17) is 25.8 Å². The van der Waals surface area contributed by atoms with E-state index in [1.165, 1.54) is 16.9 Å². The van der Waals surface area contributed by atoms with Crippen LogP contribution in [-0.4, -0.2) is 95.2 Å². The summed E-state index contributed by atoms with van der Waals surface area (Å²) in [5, 5.41) is 13.6. The second kappa shape index (κ2) is 16.2. The van der Waals surface area contributed by atoms with Crippen molar-refractivity contribution in [3.8, 4) is 0 Å². The molecule has 1 spiro atoms. The molecular weight excluding hydrogens is 730 g/mol. The van der Waals surface area contributed by atoms with Crippen LogP contribution < -0.4 is 10.2 Å². The number of nitrogens with one attached hydrogen (secondary N) is 1. The van der Waals surface area contributed by atoms with Gasteiger partial charge in [0.25, 0.3) is 5.91 Å². The molecule has 50 heavy (non-hydrogen) atoms. The molecular formula is C37H43BrClN3O8. The second-order valence-corrected chi connectivity index (χ2v) is 14.4. The first-order valence-corrected chi connectivity index (χ1v) is 17.9. The number of rotatable bonds is 16. The Hall–Kier alpha value is -3.55. The minimum Gasteiger partial charge on any atom is -0.455 e. The van der Waals surface area contributed by atoms with Gasteiger partial charge in [0.2, 0.25) is 11.8 Å². The van der Waals surface area contributed by atoms with Gasteiger partial charge < -0.3 is 34.4 Å². The summed E-state index contributed by atoms with van der Waals surface area (Å²) in [6.45, 7) is 8.83. The molecule has 2 N–H and O–H groups in total. The first-order chi connectivity index (χ1) is 24.0. The van der Waals surface area contributed by atoms with Crippen LogP contribution in [0.3, 0.4) is 0 Å². The van der Waals surface area contributed by atoms with E-state index < -0.39 is 77.0 Å². The third-order valence-corrected chi connectivity index (χ3v) is 10.9. The summed E-state index contributed by atoms with van der Waals surface area (Å²) in [5.41, 5.74) is -0.387. The van der Waals surface area contributed by atoms with E-state index in [0.29, 0.717) is 22.7 Å². The Kier molecular flexibility index (Phi) is 12.2. The Bertz CT molecular complexity index is 1600. The van der Waals surface area contributed by atoms with Crippen LogP contribution in [0.15, 0.2) is 79.9 Å². The lowest BCUT2D eigenvalue weighted by Gasteiger charge is -2.38. The third-order valence-electron chi connectivity index (χ3n) is 9.70. The maximum absolute atomic E-state index is 14.7. The maximum atomic E-state index is 14.7. The minimum atomic E-state index is -1.42. The molecule has 0 aliphatic carbocycles. The molecule has 3 fully saturated rings. The van der Waals surface area contributed by atoms with Crippen molar-refractivity contribution in [3.05, 3.63) is 90.5 Å². The van der Waals surface area contributed by atoms with Crippen LogP contribution in [-0.2, 0) is 33.4 Å². The van der Waals surface area contributed by atoms with Gasteiger partial charge in [-0.25, -0.2) is 0 Å². The van der Waals surface area contributed by atoms with Gasteiger partial charge in [0, 0.05) is 24.9 Å². The molecule has 3 aliphatic heterocycles. The smallest absolute Gasteiger partial charge is 0.313 e. The van der Waals surface area contributed by atoms with Crippen molar-refractivity contribution in [2.45, 2.75) is 66.9 Å². The van der Waals surface area contributed by atoms with Crippen molar-refractivity contribution >= 4 is 56.9 Å². The Morgan fingerprint density at radius 3 is 2.52 bits per heavy atom. The normalized spacial score (nSPS) is 26.9. The van der Waals surface area contributed by atoms with Crippen molar-refractivity contribution in [1.82, 2.24) is 10.2 Å². The first-order valence-electron chi connectivity index (χ1n) is 16.6. The van der Waals surface area contributed by atoms with E-state index in [0.717, 1.165) is 0 Å². The molecule has 1 unspecified atom stereocenters. The highest BCUT2D eigenvalue weighted by Crippen LogP contribution is 2.61. The zero-order valence-electron chi connectivity index (χ0n) is 28.1. The van der Waals surface area contributed by atoms with E-state index in [9.17, 15) is 24.3 Å². The van der Waals surface area contributed by atoms with Gasteiger partial charge in [-0.05, 0) is 37.5 Å². The number of methoxy groups -OCH3 is 1. The zero-order valence-corrected chi connectivity index (χ0v) is 30.4. The van der Waals surface area contributed by atoms with Gasteiger partial charge in [-0.2, -0.15) is 0 Å². The lowest BCUT2D eigenvalue weighted by molar-refractivity contribution is -0.163. The summed E-state index contributed by atoms with van der Waals surface area (Å²) in [6.07, 6.45) is 2.32. The van der Waals surface area contributed by atoms with Gasteiger partial charge in [-0.15, -0.1) is 13.2 Å². The van der Waals surface area contributed by atoms with Gasteiger partial charge in [0.15, 0.2) is 0 Å². The number of benzene rings is 2. The quantitative estimate of drug-likeness (QED) is 0.146. The number of halogens is 2. The summed E-state index contributed by atoms with van der Waals surface area (Å²) in [6, 6.07) is 13.1. The fourth-order valence-electron chi connectivity index (χ4n) is 7.56. The van der Waals surface area contributed by atoms with Crippen LogP contribution in [0.4, 0.5) is 5.69 Å². The number of aliphatic hydroxyl groups is 1. The number of hydrogen-bond acceptors (Lipinski definition) is 8. The number of aliphatic hydroxyl groups excluding tert-OH is 1. The van der Waals surface area contributed by atoms with E-state index in [1.54, 1.807) is 67.6 Å². The number of alkyl halides is 1. The molecule has 2 aromatic rings. The summed E-state index contributed by atoms with van der Waals surface area (Å²) < 4.78 is 18.4. The molecule has 0 radical (unpaired) electrons. The van der Waals surface area contributed by atoms with E-state index >= 15 is 0 Å². The van der Waals surface area contributed by atoms with Crippen molar-refractivity contribution in [2.75, 3.05) is 31.8 Å². The van der Waals surface area contributed by atoms with Crippen molar-refractivity contribution in [3.63, 3.8) is 0 Å². The summed E-state index contributed by atoms with van der Waals surface area (Å²) >= 11 is 10.2. The molecule has 268 valence electrons. The Labute approximate surface area is 305 Å². The van der Waals surface area contributed by atoms with Crippen LogP contribution in [0, 0.1) is 11.8 Å². The molecule has 5 rings (SSSR count). The number of para-hydroxylation sites is 1. The number of ether oxygens (including phenoxy) is 3. The number of hydrogen-bond donors (Lipinski definition) is 2. The fraction of sp³-hybridized carbons (Fsp3) is 0.459. The summed E-state index contributed by atoms with van der Waals surface area (Å²) in [4.78, 5) is 59.0. The highest BCUT2D eigenvalue weighted by atomic mass is 79.9. The number of likely N-dealkylation sites (tertiary alicyclic amines) is 1. The lowest BCUT2D eigenvalue weighted by Crippen LogP contribution is -2.58. The predicted molar refractivity (Wildman–Crippen MR) is 192 cm³/mol. The Morgan fingerprint density at radius 2 is 1.88 bits per heavy atom. The highest BCUT2D eigenvalue weighted by molar-refractivity contribution is 9.09. The van der Waals surface area contributed by atoms with Crippen LogP contribution in [0.5, 0.6) is 0 Å². The molecule has 0 saturated carbocycles. The van der Waals surface area contributed by atoms with Gasteiger partial charge in [-0.3, -0.25) is 19.2 Å². The Morgan fingerprint density at radius 1 is 1.18 bits per heavy atom. The standard InChI is InChI=1S/C37H43BrClN3O8/c1-5-7-17-28(44)40-26(21-48-4)31(23-13-9-8-10-14-23)49-36(47)29-30-34(45)42(22(3)20-43)33(37(30)19-24(38)32(29)50-37)35(46)41(18-6-2)27-16-12-11-15-25(27)39/h5-6,8-16,22,24,26,29-33,43H,1-2,7,17-21H2,3-4H3,(H,40,44)/t22-,24?,26+,29+,30-,31+,32+,33+,37-/m1/s1. The van der Waals surface area contributed by atoms with Gasteiger partial charge in [-0.1, -0.05) is 82.1 Å². The molecule has 3 aliphatic rings. The minimum absolute atomic E-state index is 0.0319. The summed E-state index contributed by atoms with van der Waals surface area (Å²) in [5.74, 6) is -4.15. The highest BCUT2D eigenvalue weighted by Gasteiger charge is 2.77. The first kappa shape index (κ1) is 37.7. The van der Waals surface area contributed by atoms with Gasteiger partial charge >= 0.3 is 5.97 Å². The lowest BCUT2D eigenvalue weighted by atomic mass is 9.70. The SMILES string of the molecule is C=CCCC(=O)N[C@@H](COC)[C@@H](OC(=O)[C@@H]1[C@H]2O[C@@]3(CC2Br)[C@H](C(=O)N(CC=C)c2ccccc2Cl)N([C@H](C)CO)C(=O)[C@@H]13)c1ccccc1. The molecule has 2 aromatic carbocycles. The van der Waals surface area contributed by atoms with Crippen molar-refractivity contribution in [1.29, 1.82) is 0 Å².